The molecule has 1 aromatic rings. The van der Waals surface area contributed by atoms with Crippen LogP contribution < -0.4 is 5.32 Å². The number of hydrogen-bond acceptors (Lipinski definition) is 5. The monoisotopic (exact) mass is 365 g/mol. The Labute approximate surface area is 152 Å². The third-order valence-electron chi connectivity index (χ3n) is 4.80. The second-order valence-corrected chi connectivity index (χ2v) is 6.45. The van der Waals surface area contributed by atoms with Crippen LogP contribution in [0.1, 0.15) is 11.6 Å². The molecule has 0 bridgehead atoms. The summed E-state index contributed by atoms with van der Waals surface area (Å²) in [5.41, 5.74) is 0.274. The molecule has 0 unspecified atom stereocenters. The van der Waals surface area contributed by atoms with E-state index < -0.39 is 18.0 Å². The average molecular weight is 365 g/mol. The Balaban J connectivity index is 1.66. The summed E-state index contributed by atoms with van der Waals surface area (Å²) in [6.45, 7) is 4.05. The van der Waals surface area contributed by atoms with Crippen LogP contribution in [0.5, 0.6) is 0 Å². The lowest BCUT2D eigenvalue weighted by Gasteiger charge is -2.38. The van der Waals surface area contributed by atoms with E-state index in [0.717, 1.165) is 13.1 Å². The van der Waals surface area contributed by atoms with Crippen molar-refractivity contribution in [2.24, 2.45) is 0 Å². The van der Waals surface area contributed by atoms with Gasteiger partial charge in [0.05, 0.1) is 19.3 Å². The van der Waals surface area contributed by atoms with Gasteiger partial charge < -0.3 is 19.7 Å². The molecule has 2 aliphatic heterocycles. The molecule has 0 aliphatic carbocycles. The third kappa shape index (κ3) is 4.20. The summed E-state index contributed by atoms with van der Waals surface area (Å²) in [6, 6.07) is 5.35. The van der Waals surface area contributed by atoms with Crippen LogP contribution in [0, 0.1) is 5.82 Å². The van der Waals surface area contributed by atoms with Crippen LogP contribution >= 0.6 is 0 Å². The molecule has 142 valence electrons. The van der Waals surface area contributed by atoms with Gasteiger partial charge in [0.1, 0.15) is 12.4 Å². The van der Waals surface area contributed by atoms with Gasteiger partial charge in [-0.2, -0.15) is 0 Å². The van der Waals surface area contributed by atoms with Crippen LogP contribution in [-0.4, -0.2) is 80.8 Å². The number of morpholine rings is 2. The van der Waals surface area contributed by atoms with Crippen LogP contribution in [0.4, 0.5) is 4.39 Å². The number of rotatable bonds is 5. The van der Waals surface area contributed by atoms with E-state index >= 15 is 0 Å². The molecule has 7 nitrogen and oxygen atoms in total. The number of nitrogens with one attached hydrogen (secondary N) is 1. The first-order chi connectivity index (χ1) is 12.6. The van der Waals surface area contributed by atoms with Crippen molar-refractivity contribution >= 4 is 11.8 Å². The lowest BCUT2D eigenvalue weighted by Crippen LogP contribution is -2.54. The first kappa shape index (κ1) is 18.8. The molecule has 2 amide bonds. The van der Waals surface area contributed by atoms with Gasteiger partial charge in [-0.3, -0.25) is 14.5 Å². The fourth-order valence-electron chi connectivity index (χ4n) is 3.28. The second-order valence-electron chi connectivity index (χ2n) is 6.45. The number of hydrogen-bond donors (Lipinski definition) is 1. The van der Waals surface area contributed by atoms with E-state index in [-0.39, 0.29) is 24.0 Å². The smallest absolute Gasteiger partial charge is 0.251 e. The topological polar surface area (TPSA) is 71.1 Å². The van der Waals surface area contributed by atoms with Crippen molar-refractivity contribution in [3.8, 4) is 0 Å². The molecule has 0 spiro atoms. The molecule has 2 fully saturated rings. The number of carbonyl (C=O) groups excluding carboxylic acids is 2. The average Bonchev–Trinajstić information content (AvgIpc) is 2.65. The van der Waals surface area contributed by atoms with Crippen molar-refractivity contribution in [1.29, 1.82) is 0 Å². The maximum atomic E-state index is 14.3. The molecule has 2 saturated heterocycles. The molecular weight excluding hydrogens is 341 g/mol. The van der Waals surface area contributed by atoms with Crippen molar-refractivity contribution in [3.63, 3.8) is 0 Å². The number of ether oxygens (including phenoxy) is 2. The molecule has 3 rings (SSSR count). The number of nitrogens with zero attached hydrogens (tertiary/aromatic N) is 2. The van der Waals surface area contributed by atoms with Gasteiger partial charge in [0.15, 0.2) is 6.10 Å². The zero-order chi connectivity index (χ0) is 18.5. The largest absolute Gasteiger partial charge is 0.379 e. The number of benzene rings is 1. The number of carbonyl (C=O) groups is 2. The summed E-state index contributed by atoms with van der Waals surface area (Å²) < 4.78 is 25.0. The van der Waals surface area contributed by atoms with Crippen molar-refractivity contribution in [2.45, 2.75) is 12.1 Å². The molecule has 0 radical (unpaired) electrons. The fourth-order valence-corrected chi connectivity index (χ4v) is 3.28. The summed E-state index contributed by atoms with van der Waals surface area (Å²) in [7, 11) is 1.57. The van der Waals surface area contributed by atoms with E-state index in [9.17, 15) is 14.0 Å². The summed E-state index contributed by atoms with van der Waals surface area (Å²) in [5, 5.41) is 2.85. The first-order valence-corrected chi connectivity index (χ1v) is 8.77. The van der Waals surface area contributed by atoms with E-state index in [1.54, 1.807) is 25.2 Å². The standard InChI is InChI=1S/C18H24FN3O4/c1-21-15(23)12-26-17(16(21)13-4-2-3-5-14(13)19)18(24)20-6-7-22-8-10-25-11-9-22/h2-5,16-17H,6-12H2,1H3,(H,20,24)/t16-,17-/m0/s1. The van der Waals surface area contributed by atoms with Crippen LogP contribution in [0.25, 0.3) is 0 Å². The summed E-state index contributed by atoms with van der Waals surface area (Å²) >= 11 is 0. The quantitative estimate of drug-likeness (QED) is 0.806. The number of halogens is 1. The van der Waals surface area contributed by atoms with Gasteiger partial charge in [-0.05, 0) is 6.07 Å². The molecular formula is C18H24FN3O4. The van der Waals surface area contributed by atoms with Gasteiger partial charge in [0.2, 0.25) is 5.91 Å². The van der Waals surface area contributed by atoms with Gasteiger partial charge in [-0.25, -0.2) is 4.39 Å². The highest BCUT2D eigenvalue weighted by Crippen LogP contribution is 2.30. The van der Waals surface area contributed by atoms with Crippen molar-refractivity contribution in [3.05, 3.63) is 35.6 Å². The zero-order valence-corrected chi connectivity index (χ0v) is 14.8. The Morgan fingerprint density at radius 1 is 1.31 bits per heavy atom. The van der Waals surface area contributed by atoms with Gasteiger partial charge in [-0.15, -0.1) is 0 Å². The van der Waals surface area contributed by atoms with Gasteiger partial charge in [-0.1, -0.05) is 18.2 Å². The molecule has 26 heavy (non-hydrogen) atoms. The van der Waals surface area contributed by atoms with Crippen LogP contribution in [0.2, 0.25) is 0 Å². The highest BCUT2D eigenvalue weighted by Gasteiger charge is 2.41. The summed E-state index contributed by atoms with van der Waals surface area (Å²) in [5.74, 6) is -1.09. The minimum atomic E-state index is -0.945. The molecule has 2 heterocycles. The van der Waals surface area contributed by atoms with Crippen molar-refractivity contribution < 1.29 is 23.5 Å². The van der Waals surface area contributed by atoms with Crippen LogP contribution in [0.3, 0.4) is 0 Å². The maximum absolute atomic E-state index is 14.3. The van der Waals surface area contributed by atoms with Gasteiger partial charge in [0.25, 0.3) is 5.91 Å². The molecule has 1 aromatic carbocycles. The normalized spacial score (nSPS) is 24.5. The molecule has 0 aromatic heterocycles. The molecule has 1 N–H and O–H groups in total. The minimum absolute atomic E-state index is 0.191. The summed E-state index contributed by atoms with van der Waals surface area (Å²) in [4.78, 5) is 28.2. The van der Waals surface area contributed by atoms with Crippen molar-refractivity contribution in [2.75, 3.05) is 53.0 Å². The molecule has 0 saturated carbocycles. The van der Waals surface area contributed by atoms with Gasteiger partial charge >= 0.3 is 0 Å². The Morgan fingerprint density at radius 3 is 2.77 bits per heavy atom. The zero-order valence-electron chi connectivity index (χ0n) is 14.8. The SMILES string of the molecule is CN1C(=O)CO[C@H](C(=O)NCCN2CCOCC2)[C@@H]1c1ccccc1F. The van der Waals surface area contributed by atoms with Crippen LogP contribution in [-0.2, 0) is 19.1 Å². The highest BCUT2D eigenvalue weighted by molar-refractivity contribution is 5.86. The van der Waals surface area contributed by atoms with E-state index in [0.29, 0.717) is 26.3 Å². The van der Waals surface area contributed by atoms with Crippen molar-refractivity contribution in [1.82, 2.24) is 15.1 Å². The second kappa shape index (κ2) is 8.57. The Kier molecular flexibility index (Phi) is 6.18. The number of likely N-dealkylation sites (N-methyl/N-ethyl adjacent to an activating group) is 1. The lowest BCUT2D eigenvalue weighted by molar-refractivity contribution is -0.162. The Hall–Kier alpha value is -2.03. The fraction of sp³-hybridized carbons (Fsp3) is 0.556. The first-order valence-electron chi connectivity index (χ1n) is 8.77. The van der Waals surface area contributed by atoms with E-state index in [4.69, 9.17) is 9.47 Å². The predicted molar refractivity (Wildman–Crippen MR) is 91.9 cm³/mol. The van der Waals surface area contributed by atoms with E-state index in [1.165, 1.54) is 11.0 Å². The maximum Gasteiger partial charge on any atom is 0.251 e. The third-order valence-corrected chi connectivity index (χ3v) is 4.80. The van der Waals surface area contributed by atoms with Crippen LogP contribution in [0.15, 0.2) is 24.3 Å². The predicted octanol–water partition coefficient (Wildman–Crippen LogP) is 0.172. The molecule has 2 atom stereocenters. The van der Waals surface area contributed by atoms with E-state index in [1.807, 2.05) is 0 Å². The van der Waals surface area contributed by atoms with Gasteiger partial charge in [0, 0.05) is 38.8 Å². The minimum Gasteiger partial charge on any atom is -0.379 e. The Bertz CT molecular complexity index is 651. The molecule has 8 heteroatoms. The number of amides is 2. The molecule has 2 aliphatic rings. The summed E-state index contributed by atoms with van der Waals surface area (Å²) in [6.07, 6.45) is -0.945. The lowest BCUT2D eigenvalue weighted by atomic mass is 9.97. The van der Waals surface area contributed by atoms with E-state index in [2.05, 4.69) is 10.2 Å². The highest BCUT2D eigenvalue weighted by atomic mass is 19.1. The Morgan fingerprint density at radius 2 is 2.04 bits per heavy atom.